The second-order valence-corrected chi connectivity index (χ2v) is 5.48. The predicted octanol–water partition coefficient (Wildman–Crippen LogP) is 2.45. The molecule has 2 rings (SSSR count). The Morgan fingerprint density at radius 1 is 1.38 bits per heavy atom. The zero-order chi connectivity index (χ0) is 15.2. The highest BCUT2D eigenvalue weighted by Crippen LogP contribution is 2.25. The van der Waals surface area contributed by atoms with E-state index in [9.17, 15) is 9.59 Å². The number of Topliss-reactive ketones (excluding diaryl/α,β-unsaturated/α-hetero) is 1. The number of likely N-dealkylation sites (tertiary alicyclic amines) is 1. The quantitative estimate of drug-likeness (QED) is 0.854. The second-order valence-electron chi connectivity index (χ2n) is 5.48. The zero-order valence-electron chi connectivity index (χ0n) is 12.7. The fourth-order valence-electron chi connectivity index (χ4n) is 2.86. The van der Waals surface area contributed by atoms with E-state index in [0.717, 1.165) is 25.7 Å². The van der Waals surface area contributed by atoms with E-state index in [1.165, 1.54) is 7.11 Å². The molecule has 1 aromatic heterocycles. The summed E-state index contributed by atoms with van der Waals surface area (Å²) in [5, 5.41) is 0. The fourth-order valence-corrected chi connectivity index (χ4v) is 2.86. The third-order valence-corrected chi connectivity index (χ3v) is 3.90. The molecule has 0 radical (unpaired) electrons. The van der Waals surface area contributed by atoms with Crippen molar-refractivity contribution in [3.63, 3.8) is 0 Å². The molecule has 0 bridgehead atoms. The number of rotatable bonds is 4. The summed E-state index contributed by atoms with van der Waals surface area (Å²) >= 11 is 0. The van der Waals surface area contributed by atoms with E-state index >= 15 is 0 Å². The van der Waals surface area contributed by atoms with Crippen LogP contribution in [0.25, 0.3) is 0 Å². The van der Waals surface area contributed by atoms with Crippen molar-refractivity contribution in [3.8, 4) is 5.75 Å². The van der Waals surface area contributed by atoms with Crippen LogP contribution in [0.2, 0.25) is 0 Å². The van der Waals surface area contributed by atoms with Gasteiger partial charge in [-0.3, -0.25) is 14.6 Å². The van der Waals surface area contributed by atoms with Crippen molar-refractivity contribution in [1.82, 2.24) is 9.88 Å². The molecule has 2 heterocycles. The molecule has 1 unspecified atom stereocenters. The van der Waals surface area contributed by atoms with E-state index < -0.39 is 0 Å². The lowest BCUT2D eigenvalue weighted by molar-refractivity contribution is -0.118. The largest absolute Gasteiger partial charge is 0.494 e. The third-order valence-electron chi connectivity index (χ3n) is 3.90. The average Bonchev–Trinajstić information content (AvgIpc) is 2.71. The van der Waals surface area contributed by atoms with Crippen LogP contribution in [0.5, 0.6) is 5.75 Å². The molecule has 21 heavy (non-hydrogen) atoms. The molecule has 1 aliphatic heterocycles. The summed E-state index contributed by atoms with van der Waals surface area (Å²) in [4.78, 5) is 30.1. The summed E-state index contributed by atoms with van der Waals surface area (Å²) in [7, 11) is 1.53. The van der Waals surface area contributed by atoms with Crippen LogP contribution >= 0.6 is 0 Å². The Morgan fingerprint density at radius 2 is 2.19 bits per heavy atom. The summed E-state index contributed by atoms with van der Waals surface area (Å²) in [5.74, 6) is 0.539. The Hall–Kier alpha value is -1.91. The van der Waals surface area contributed by atoms with Gasteiger partial charge < -0.3 is 9.64 Å². The molecule has 0 N–H and O–H groups in total. The molecular formula is C16H22N2O3. The number of carbonyl (C=O) groups is 2. The number of hydrogen-bond donors (Lipinski definition) is 0. The van der Waals surface area contributed by atoms with Gasteiger partial charge in [-0.25, -0.2) is 0 Å². The smallest absolute Gasteiger partial charge is 0.257 e. The Labute approximate surface area is 125 Å². The molecule has 0 aliphatic carbocycles. The standard InChI is InChI=1S/C16H22N2O3/c1-12(19)10-13-6-4-3-5-9-18(13)16(20)14-7-8-17-11-15(14)21-2/h7-8,11,13H,3-6,9-10H2,1-2H3. The van der Waals surface area contributed by atoms with Gasteiger partial charge in [0, 0.05) is 25.2 Å². The summed E-state index contributed by atoms with van der Waals surface area (Å²) in [5.41, 5.74) is 0.517. The highest BCUT2D eigenvalue weighted by molar-refractivity contribution is 5.97. The van der Waals surface area contributed by atoms with Crippen LogP contribution in [0.3, 0.4) is 0 Å². The Bertz CT molecular complexity index is 516. The van der Waals surface area contributed by atoms with Crippen molar-refractivity contribution in [2.75, 3.05) is 13.7 Å². The molecule has 1 fully saturated rings. The highest BCUT2D eigenvalue weighted by Gasteiger charge is 2.28. The number of carbonyl (C=O) groups excluding carboxylic acids is 2. The SMILES string of the molecule is COc1cnccc1C(=O)N1CCCCCC1CC(C)=O. The Kier molecular flexibility index (Phi) is 5.31. The summed E-state index contributed by atoms with van der Waals surface area (Å²) in [6, 6.07) is 1.67. The lowest BCUT2D eigenvalue weighted by Gasteiger charge is -2.30. The Balaban J connectivity index is 2.26. The molecule has 0 spiro atoms. The van der Waals surface area contributed by atoms with Crippen LogP contribution < -0.4 is 4.74 Å². The first-order chi connectivity index (χ1) is 10.1. The molecule has 1 atom stereocenters. The minimum absolute atomic E-state index is 0.00429. The van der Waals surface area contributed by atoms with Crippen LogP contribution in [0.4, 0.5) is 0 Å². The van der Waals surface area contributed by atoms with Crippen molar-refractivity contribution in [2.24, 2.45) is 0 Å². The molecule has 1 saturated heterocycles. The maximum atomic E-state index is 12.8. The van der Waals surface area contributed by atoms with Crippen molar-refractivity contribution in [2.45, 2.75) is 45.1 Å². The van der Waals surface area contributed by atoms with Crippen LogP contribution in [-0.2, 0) is 4.79 Å². The number of amides is 1. The van der Waals surface area contributed by atoms with Crippen molar-refractivity contribution in [1.29, 1.82) is 0 Å². The normalized spacial score (nSPS) is 19.0. The van der Waals surface area contributed by atoms with E-state index in [1.54, 1.807) is 25.4 Å². The lowest BCUT2D eigenvalue weighted by atomic mass is 10.0. The van der Waals surface area contributed by atoms with Gasteiger partial charge in [0.25, 0.3) is 5.91 Å². The predicted molar refractivity (Wildman–Crippen MR) is 79.4 cm³/mol. The van der Waals surface area contributed by atoms with Crippen LogP contribution in [0.15, 0.2) is 18.5 Å². The highest BCUT2D eigenvalue weighted by atomic mass is 16.5. The van der Waals surface area contributed by atoms with Crippen molar-refractivity contribution in [3.05, 3.63) is 24.0 Å². The van der Waals surface area contributed by atoms with Crippen molar-refractivity contribution >= 4 is 11.7 Å². The molecular weight excluding hydrogens is 268 g/mol. The summed E-state index contributed by atoms with van der Waals surface area (Å²) in [6.45, 7) is 2.28. The minimum atomic E-state index is -0.0672. The van der Waals surface area contributed by atoms with Gasteiger partial charge in [-0.05, 0) is 25.8 Å². The monoisotopic (exact) mass is 290 g/mol. The molecule has 1 amide bonds. The first-order valence-electron chi connectivity index (χ1n) is 7.42. The van der Waals surface area contributed by atoms with Crippen LogP contribution in [-0.4, -0.2) is 41.3 Å². The maximum Gasteiger partial charge on any atom is 0.257 e. The van der Waals surface area contributed by atoms with Gasteiger partial charge in [-0.1, -0.05) is 12.8 Å². The average molecular weight is 290 g/mol. The zero-order valence-corrected chi connectivity index (χ0v) is 12.7. The van der Waals surface area contributed by atoms with Gasteiger partial charge in [-0.2, -0.15) is 0 Å². The number of ketones is 1. The maximum absolute atomic E-state index is 12.8. The molecule has 1 aliphatic rings. The topological polar surface area (TPSA) is 59.5 Å². The Morgan fingerprint density at radius 3 is 2.90 bits per heavy atom. The van der Waals surface area contributed by atoms with Gasteiger partial charge in [-0.15, -0.1) is 0 Å². The molecule has 0 saturated carbocycles. The van der Waals surface area contributed by atoms with E-state index in [4.69, 9.17) is 4.74 Å². The first-order valence-corrected chi connectivity index (χ1v) is 7.42. The number of pyridine rings is 1. The van der Waals surface area contributed by atoms with Gasteiger partial charge in [0.05, 0.1) is 18.9 Å². The summed E-state index contributed by atoms with van der Waals surface area (Å²) < 4.78 is 5.23. The molecule has 5 heteroatoms. The summed E-state index contributed by atoms with van der Waals surface area (Å²) in [6.07, 6.45) is 7.60. The lowest BCUT2D eigenvalue weighted by Crippen LogP contribution is -2.41. The first kappa shape index (κ1) is 15.5. The van der Waals surface area contributed by atoms with Gasteiger partial charge in [0.2, 0.25) is 0 Å². The van der Waals surface area contributed by atoms with E-state index in [-0.39, 0.29) is 17.7 Å². The van der Waals surface area contributed by atoms with E-state index in [1.807, 2.05) is 4.90 Å². The number of ether oxygens (including phenoxy) is 1. The van der Waals surface area contributed by atoms with Crippen LogP contribution in [0.1, 0.15) is 49.4 Å². The van der Waals surface area contributed by atoms with E-state index in [0.29, 0.717) is 24.3 Å². The molecule has 5 nitrogen and oxygen atoms in total. The second kappa shape index (κ2) is 7.20. The van der Waals surface area contributed by atoms with E-state index in [2.05, 4.69) is 4.98 Å². The number of methoxy groups -OCH3 is 1. The fraction of sp³-hybridized carbons (Fsp3) is 0.562. The third kappa shape index (κ3) is 3.80. The number of nitrogens with zero attached hydrogens (tertiary/aromatic N) is 2. The van der Waals surface area contributed by atoms with Gasteiger partial charge >= 0.3 is 0 Å². The van der Waals surface area contributed by atoms with Gasteiger partial charge in [0.1, 0.15) is 11.5 Å². The minimum Gasteiger partial charge on any atom is -0.494 e. The number of aromatic nitrogens is 1. The van der Waals surface area contributed by atoms with Crippen molar-refractivity contribution < 1.29 is 14.3 Å². The number of hydrogen-bond acceptors (Lipinski definition) is 4. The molecule has 1 aromatic rings. The molecule has 0 aromatic carbocycles. The van der Waals surface area contributed by atoms with Crippen LogP contribution in [0, 0.1) is 0 Å². The van der Waals surface area contributed by atoms with Gasteiger partial charge in [0.15, 0.2) is 0 Å². The molecule has 114 valence electrons.